The molecule has 0 aliphatic rings. The highest BCUT2D eigenvalue weighted by atomic mass is 19.1. The molecule has 7 heteroatoms. The summed E-state index contributed by atoms with van der Waals surface area (Å²) >= 11 is 0. The molecular formula is C20H22FNO5. The first-order chi connectivity index (χ1) is 13.1. The summed E-state index contributed by atoms with van der Waals surface area (Å²) in [4.78, 5) is 23.3. The molecule has 1 amide bonds. The average Bonchev–Trinajstić information content (AvgIpc) is 2.67. The Labute approximate surface area is 157 Å². The third-order valence-corrected chi connectivity index (χ3v) is 3.50. The lowest BCUT2D eigenvalue weighted by Gasteiger charge is -2.09. The Balaban J connectivity index is 1.60. The van der Waals surface area contributed by atoms with Crippen molar-refractivity contribution in [1.29, 1.82) is 0 Å². The Bertz CT molecular complexity index is 731. The zero-order chi connectivity index (χ0) is 19.5. The quantitative estimate of drug-likeness (QED) is 0.646. The van der Waals surface area contributed by atoms with Crippen molar-refractivity contribution in [2.75, 3.05) is 26.4 Å². The van der Waals surface area contributed by atoms with Crippen LogP contribution in [-0.2, 0) is 20.7 Å². The predicted molar refractivity (Wildman–Crippen MR) is 97.2 cm³/mol. The monoisotopic (exact) mass is 375 g/mol. The van der Waals surface area contributed by atoms with Gasteiger partial charge in [-0.15, -0.1) is 0 Å². The number of esters is 1. The summed E-state index contributed by atoms with van der Waals surface area (Å²) < 4.78 is 28.3. The van der Waals surface area contributed by atoms with Crippen LogP contribution in [0.2, 0.25) is 0 Å². The number of carbonyl (C=O) groups is 2. The lowest BCUT2D eigenvalue weighted by molar-refractivity contribution is -0.150. The van der Waals surface area contributed by atoms with E-state index in [-0.39, 0.29) is 19.0 Å². The molecule has 0 bridgehead atoms. The van der Waals surface area contributed by atoms with E-state index in [2.05, 4.69) is 5.32 Å². The van der Waals surface area contributed by atoms with Crippen LogP contribution >= 0.6 is 0 Å². The first-order valence-electron chi connectivity index (χ1n) is 8.59. The van der Waals surface area contributed by atoms with E-state index in [0.717, 1.165) is 5.56 Å². The molecule has 6 nitrogen and oxygen atoms in total. The van der Waals surface area contributed by atoms with Gasteiger partial charge in [-0.2, -0.15) is 0 Å². The van der Waals surface area contributed by atoms with Crippen molar-refractivity contribution in [3.8, 4) is 11.5 Å². The van der Waals surface area contributed by atoms with Gasteiger partial charge >= 0.3 is 5.97 Å². The van der Waals surface area contributed by atoms with E-state index in [9.17, 15) is 14.0 Å². The molecular weight excluding hydrogens is 353 g/mol. The van der Waals surface area contributed by atoms with Gasteiger partial charge in [-0.25, -0.2) is 9.18 Å². The summed E-state index contributed by atoms with van der Waals surface area (Å²) in [5.74, 6) is -0.143. The van der Waals surface area contributed by atoms with Gasteiger partial charge < -0.3 is 19.5 Å². The van der Waals surface area contributed by atoms with Crippen molar-refractivity contribution in [2.24, 2.45) is 0 Å². The molecule has 2 aromatic rings. The lowest BCUT2D eigenvalue weighted by atomic mass is 10.1. The standard InChI is InChI=1S/C20H22FNO5/c1-2-25-17-7-9-18(10-8-17)26-14-20(24)27-13-19(23)22-12-11-15-3-5-16(21)6-4-15/h3-10H,2,11-14H2,1H3,(H,22,23). The SMILES string of the molecule is CCOc1ccc(OCC(=O)OCC(=O)NCCc2ccc(F)cc2)cc1. The van der Waals surface area contributed by atoms with Crippen LogP contribution in [-0.4, -0.2) is 38.2 Å². The summed E-state index contributed by atoms with van der Waals surface area (Å²) in [5, 5.41) is 2.63. The smallest absolute Gasteiger partial charge is 0.344 e. The molecule has 0 saturated carbocycles. The second-order valence-electron chi connectivity index (χ2n) is 5.58. The van der Waals surface area contributed by atoms with Crippen molar-refractivity contribution < 1.29 is 28.2 Å². The van der Waals surface area contributed by atoms with Gasteiger partial charge in [0.15, 0.2) is 13.2 Å². The van der Waals surface area contributed by atoms with Crippen molar-refractivity contribution in [3.63, 3.8) is 0 Å². The molecule has 144 valence electrons. The van der Waals surface area contributed by atoms with Crippen LogP contribution in [0.25, 0.3) is 0 Å². The summed E-state index contributed by atoms with van der Waals surface area (Å²) in [7, 11) is 0. The van der Waals surface area contributed by atoms with E-state index in [0.29, 0.717) is 31.1 Å². The summed E-state index contributed by atoms with van der Waals surface area (Å²) in [6.45, 7) is 2.15. The van der Waals surface area contributed by atoms with E-state index in [1.807, 2.05) is 6.92 Å². The maximum absolute atomic E-state index is 12.8. The van der Waals surface area contributed by atoms with E-state index >= 15 is 0 Å². The minimum atomic E-state index is -0.641. The first kappa shape index (κ1) is 20.2. The van der Waals surface area contributed by atoms with Gasteiger partial charge in [0, 0.05) is 6.54 Å². The molecule has 1 N–H and O–H groups in total. The summed E-state index contributed by atoms with van der Waals surface area (Å²) in [6.07, 6.45) is 0.556. The lowest BCUT2D eigenvalue weighted by Crippen LogP contribution is -2.31. The van der Waals surface area contributed by atoms with Crippen LogP contribution in [0.5, 0.6) is 11.5 Å². The average molecular weight is 375 g/mol. The molecule has 0 aromatic heterocycles. The fraction of sp³-hybridized carbons (Fsp3) is 0.300. The minimum absolute atomic E-state index is 0.295. The molecule has 0 heterocycles. The summed E-state index contributed by atoms with van der Waals surface area (Å²) in [6, 6.07) is 12.9. The van der Waals surface area contributed by atoms with E-state index < -0.39 is 11.9 Å². The van der Waals surface area contributed by atoms with Gasteiger partial charge in [-0.05, 0) is 55.3 Å². The zero-order valence-corrected chi connectivity index (χ0v) is 15.1. The zero-order valence-electron chi connectivity index (χ0n) is 15.1. The number of rotatable bonds is 10. The van der Waals surface area contributed by atoms with Gasteiger partial charge in [0.1, 0.15) is 17.3 Å². The number of carbonyl (C=O) groups excluding carboxylic acids is 2. The Morgan fingerprint density at radius 1 is 0.926 bits per heavy atom. The number of amides is 1. The second kappa shape index (κ2) is 10.8. The number of ether oxygens (including phenoxy) is 3. The molecule has 0 saturated heterocycles. The van der Waals surface area contributed by atoms with Crippen LogP contribution in [0.3, 0.4) is 0 Å². The van der Waals surface area contributed by atoms with Crippen molar-refractivity contribution in [3.05, 3.63) is 59.9 Å². The first-order valence-corrected chi connectivity index (χ1v) is 8.59. The number of halogens is 1. The van der Waals surface area contributed by atoms with E-state index in [4.69, 9.17) is 14.2 Å². The molecule has 0 unspecified atom stereocenters. The molecule has 0 aliphatic heterocycles. The number of hydrogen-bond acceptors (Lipinski definition) is 5. The third-order valence-electron chi connectivity index (χ3n) is 3.50. The fourth-order valence-electron chi connectivity index (χ4n) is 2.18. The predicted octanol–water partition coefficient (Wildman–Crippen LogP) is 2.51. The molecule has 0 radical (unpaired) electrons. The number of benzene rings is 2. The Morgan fingerprint density at radius 3 is 2.19 bits per heavy atom. The van der Waals surface area contributed by atoms with Gasteiger partial charge in [0.05, 0.1) is 6.61 Å². The van der Waals surface area contributed by atoms with Crippen LogP contribution in [0.1, 0.15) is 12.5 Å². The highest BCUT2D eigenvalue weighted by Gasteiger charge is 2.08. The highest BCUT2D eigenvalue weighted by molar-refractivity contribution is 5.80. The highest BCUT2D eigenvalue weighted by Crippen LogP contribution is 2.17. The maximum Gasteiger partial charge on any atom is 0.344 e. The van der Waals surface area contributed by atoms with Crippen LogP contribution < -0.4 is 14.8 Å². The fourth-order valence-corrected chi connectivity index (χ4v) is 2.18. The van der Waals surface area contributed by atoms with Gasteiger partial charge in [0.25, 0.3) is 5.91 Å². The Morgan fingerprint density at radius 2 is 1.56 bits per heavy atom. The van der Waals surface area contributed by atoms with Crippen LogP contribution in [0, 0.1) is 5.82 Å². The van der Waals surface area contributed by atoms with E-state index in [1.165, 1.54) is 12.1 Å². The molecule has 2 aromatic carbocycles. The van der Waals surface area contributed by atoms with E-state index in [1.54, 1.807) is 36.4 Å². The molecule has 0 aliphatic carbocycles. The van der Waals surface area contributed by atoms with Gasteiger partial charge in [0.2, 0.25) is 0 Å². The molecule has 0 atom stereocenters. The van der Waals surface area contributed by atoms with Crippen molar-refractivity contribution in [1.82, 2.24) is 5.32 Å². The normalized spacial score (nSPS) is 10.1. The Hall–Kier alpha value is -3.09. The number of nitrogens with one attached hydrogen (secondary N) is 1. The second-order valence-corrected chi connectivity index (χ2v) is 5.58. The van der Waals surface area contributed by atoms with Gasteiger partial charge in [-0.3, -0.25) is 4.79 Å². The van der Waals surface area contributed by atoms with Crippen LogP contribution in [0.15, 0.2) is 48.5 Å². The third kappa shape index (κ3) is 7.77. The molecule has 0 spiro atoms. The molecule has 2 rings (SSSR count). The number of hydrogen-bond donors (Lipinski definition) is 1. The van der Waals surface area contributed by atoms with Crippen molar-refractivity contribution in [2.45, 2.75) is 13.3 Å². The largest absolute Gasteiger partial charge is 0.494 e. The minimum Gasteiger partial charge on any atom is -0.494 e. The topological polar surface area (TPSA) is 73.9 Å². The van der Waals surface area contributed by atoms with Gasteiger partial charge in [-0.1, -0.05) is 12.1 Å². The van der Waals surface area contributed by atoms with Crippen molar-refractivity contribution >= 4 is 11.9 Å². The van der Waals surface area contributed by atoms with Crippen LogP contribution in [0.4, 0.5) is 4.39 Å². The summed E-state index contributed by atoms with van der Waals surface area (Å²) in [5.41, 5.74) is 0.900. The molecule has 27 heavy (non-hydrogen) atoms. The maximum atomic E-state index is 12.8. The Kier molecular flexibility index (Phi) is 8.09. The molecule has 0 fully saturated rings.